The van der Waals surface area contributed by atoms with Crippen molar-refractivity contribution in [3.8, 4) is 0 Å². The van der Waals surface area contributed by atoms with Crippen LogP contribution in [0.4, 0.5) is 0 Å². The van der Waals surface area contributed by atoms with Crippen molar-refractivity contribution in [1.29, 1.82) is 0 Å². The molecule has 0 heterocycles. The highest BCUT2D eigenvalue weighted by Gasteiger charge is 2.08. The summed E-state index contributed by atoms with van der Waals surface area (Å²) >= 11 is 0. The Morgan fingerprint density at radius 3 is 1.71 bits per heavy atom. The van der Waals surface area contributed by atoms with E-state index in [0.29, 0.717) is 12.6 Å². The van der Waals surface area contributed by atoms with Crippen LogP contribution in [0.25, 0.3) is 0 Å². The van der Waals surface area contributed by atoms with Crippen LogP contribution in [-0.2, 0) is 9.53 Å². The molecule has 0 saturated heterocycles. The van der Waals surface area contributed by atoms with E-state index in [1.54, 1.807) is 0 Å². The van der Waals surface area contributed by atoms with Crippen LogP contribution in [0.1, 0.15) is 111 Å². The Balaban J connectivity index is 3.80. The van der Waals surface area contributed by atoms with E-state index in [1.165, 1.54) is 96.8 Å². The molecule has 0 bridgehead atoms. The fourth-order valence-corrected chi connectivity index (χ4v) is 3.15. The summed E-state index contributed by atoms with van der Waals surface area (Å²) in [5, 5.41) is 3.60. The summed E-state index contributed by atoms with van der Waals surface area (Å²) in [5.74, 6) is -0.180. The zero-order valence-electron chi connectivity index (χ0n) is 16.7. The van der Waals surface area contributed by atoms with Crippen LogP contribution < -0.4 is 5.32 Å². The lowest BCUT2D eigenvalue weighted by molar-refractivity contribution is -0.140. The van der Waals surface area contributed by atoms with Gasteiger partial charge in [0.05, 0.1) is 0 Å². The van der Waals surface area contributed by atoms with Gasteiger partial charge < -0.3 is 10.1 Å². The molecule has 0 atom stereocenters. The van der Waals surface area contributed by atoms with E-state index >= 15 is 0 Å². The van der Waals surface area contributed by atoms with Gasteiger partial charge in [0, 0.05) is 19.5 Å². The second kappa shape index (κ2) is 18.8. The number of rotatable bonds is 18. The van der Waals surface area contributed by atoms with E-state index < -0.39 is 0 Å². The Morgan fingerprint density at radius 2 is 1.25 bits per heavy atom. The largest absolute Gasteiger partial charge is 0.465 e. The molecule has 0 aliphatic rings. The molecule has 0 amide bonds. The number of hydrogen-bond donors (Lipinski definition) is 1. The van der Waals surface area contributed by atoms with Crippen molar-refractivity contribution in [2.24, 2.45) is 0 Å². The highest BCUT2D eigenvalue weighted by atomic mass is 16.5. The summed E-state index contributed by atoms with van der Waals surface area (Å²) < 4.78 is 5.03. The quantitative estimate of drug-likeness (QED) is 0.245. The maximum absolute atomic E-state index is 10.8. The maximum atomic E-state index is 10.8. The van der Waals surface area contributed by atoms with Gasteiger partial charge in [-0.15, -0.1) is 0 Å². The topological polar surface area (TPSA) is 38.3 Å². The minimum atomic E-state index is -0.180. The predicted octanol–water partition coefficient (Wildman–Crippen LogP) is 6.01. The van der Waals surface area contributed by atoms with Gasteiger partial charge in [-0.3, -0.25) is 4.79 Å². The fourth-order valence-electron chi connectivity index (χ4n) is 3.15. The van der Waals surface area contributed by atoms with Crippen molar-refractivity contribution in [3.63, 3.8) is 0 Å². The maximum Gasteiger partial charge on any atom is 0.302 e. The fraction of sp³-hybridized carbons (Fsp3) is 0.952. The summed E-state index contributed by atoms with van der Waals surface area (Å²) in [6.07, 6.45) is 18.8. The standard InChI is InChI=1S/C21H43NO2/c1-4-6-8-10-12-14-16-21(22-18-19-24-20(3)23)17-15-13-11-9-7-5-2/h21-22H,4-19H2,1-3H3. The van der Waals surface area contributed by atoms with Crippen molar-refractivity contribution in [2.75, 3.05) is 13.2 Å². The van der Waals surface area contributed by atoms with Crippen LogP contribution in [0.5, 0.6) is 0 Å². The van der Waals surface area contributed by atoms with Gasteiger partial charge in [0.25, 0.3) is 0 Å². The highest BCUT2D eigenvalue weighted by Crippen LogP contribution is 2.14. The van der Waals surface area contributed by atoms with Crippen molar-refractivity contribution in [3.05, 3.63) is 0 Å². The van der Waals surface area contributed by atoms with Crippen LogP contribution in [0.2, 0.25) is 0 Å². The normalized spacial score (nSPS) is 11.2. The summed E-state index contributed by atoms with van der Waals surface area (Å²) in [4.78, 5) is 10.8. The molecule has 144 valence electrons. The summed E-state index contributed by atoms with van der Waals surface area (Å²) in [7, 11) is 0. The third-order valence-corrected chi connectivity index (χ3v) is 4.65. The molecular weight excluding hydrogens is 298 g/mol. The molecule has 3 nitrogen and oxygen atoms in total. The van der Waals surface area contributed by atoms with Gasteiger partial charge in [0.2, 0.25) is 0 Å². The number of carbonyl (C=O) groups excluding carboxylic acids is 1. The Kier molecular flexibility index (Phi) is 18.3. The first-order valence-electron chi connectivity index (χ1n) is 10.6. The zero-order chi connectivity index (χ0) is 17.9. The van der Waals surface area contributed by atoms with Crippen LogP contribution in [0.15, 0.2) is 0 Å². The van der Waals surface area contributed by atoms with E-state index in [0.717, 1.165) is 6.54 Å². The van der Waals surface area contributed by atoms with E-state index in [1.807, 2.05) is 0 Å². The number of ether oxygens (including phenoxy) is 1. The van der Waals surface area contributed by atoms with E-state index in [2.05, 4.69) is 19.2 Å². The second-order valence-corrected chi connectivity index (χ2v) is 7.10. The molecule has 0 aromatic heterocycles. The SMILES string of the molecule is CCCCCCCCC(CCCCCCCC)NCCOC(C)=O. The minimum absolute atomic E-state index is 0.180. The molecule has 0 aromatic rings. The third-order valence-electron chi connectivity index (χ3n) is 4.65. The molecule has 3 heteroatoms. The highest BCUT2D eigenvalue weighted by molar-refractivity contribution is 5.65. The van der Waals surface area contributed by atoms with Crippen molar-refractivity contribution < 1.29 is 9.53 Å². The van der Waals surface area contributed by atoms with Crippen LogP contribution in [0.3, 0.4) is 0 Å². The van der Waals surface area contributed by atoms with Gasteiger partial charge in [-0.1, -0.05) is 90.9 Å². The first-order chi connectivity index (χ1) is 11.7. The second-order valence-electron chi connectivity index (χ2n) is 7.10. The van der Waals surface area contributed by atoms with Crippen LogP contribution in [0, 0.1) is 0 Å². The number of unbranched alkanes of at least 4 members (excludes halogenated alkanes) is 10. The Bertz CT molecular complexity index is 253. The first kappa shape index (κ1) is 23.4. The molecule has 0 fully saturated rings. The average Bonchev–Trinajstić information content (AvgIpc) is 2.56. The molecular formula is C21H43NO2. The van der Waals surface area contributed by atoms with Gasteiger partial charge in [0.1, 0.15) is 6.61 Å². The van der Waals surface area contributed by atoms with Gasteiger partial charge in [-0.25, -0.2) is 0 Å². The van der Waals surface area contributed by atoms with Gasteiger partial charge in [-0.2, -0.15) is 0 Å². The molecule has 0 unspecified atom stereocenters. The molecule has 0 aliphatic heterocycles. The molecule has 0 spiro atoms. The predicted molar refractivity (Wildman–Crippen MR) is 104 cm³/mol. The molecule has 0 saturated carbocycles. The Morgan fingerprint density at radius 1 is 0.792 bits per heavy atom. The summed E-state index contributed by atoms with van der Waals surface area (Å²) in [5.41, 5.74) is 0. The minimum Gasteiger partial charge on any atom is -0.465 e. The van der Waals surface area contributed by atoms with Crippen molar-refractivity contribution >= 4 is 5.97 Å². The molecule has 0 aliphatic carbocycles. The Hall–Kier alpha value is -0.570. The zero-order valence-corrected chi connectivity index (χ0v) is 16.7. The number of carbonyl (C=O) groups is 1. The molecule has 0 radical (unpaired) electrons. The van der Waals surface area contributed by atoms with Crippen molar-refractivity contribution in [1.82, 2.24) is 5.32 Å². The summed E-state index contributed by atoms with van der Waals surface area (Å²) in [6.45, 7) is 7.30. The van der Waals surface area contributed by atoms with Gasteiger partial charge in [-0.05, 0) is 12.8 Å². The smallest absolute Gasteiger partial charge is 0.302 e. The number of hydrogen-bond acceptors (Lipinski definition) is 3. The average molecular weight is 342 g/mol. The summed E-state index contributed by atoms with van der Waals surface area (Å²) in [6, 6.07) is 0.595. The first-order valence-corrected chi connectivity index (χ1v) is 10.6. The molecule has 0 rings (SSSR count). The van der Waals surface area contributed by atoms with Gasteiger partial charge >= 0.3 is 5.97 Å². The van der Waals surface area contributed by atoms with Crippen molar-refractivity contribution in [2.45, 2.75) is 117 Å². The van der Waals surface area contributed by atoms with E-state index in [9.17, 15) is 4.79 Å². The Labute approximate surface area is 151 Å². The van der Waals surface area contributed by atoms with E-state index in [4.69, 9.17) is 4.74 Å². The number of nitrogens with one attached hydrogen (secondary N) is 1. The van der Waals surface area contributed by atoms with Crippen LogP contribution in [-0.4, -0.2) is 25.2 Å². The lowest BCUT2D eigenvalue weighted by atomic mass is 10.00. The third kappa shape index (κ3) is 17.8. The number of esters is 1. The van der Waals surface area contributed by atoms with Gasteiger partial charge in [0.15, 0.2) is 0 Å². The van der Waals surface area contributed by atoms with E-state index in [-0.39, 0.29) is 5.97 Å². The monoisotopic (exact) mass is 341 g/mol. The molecule has 24 heavy (non-hydrogen) atoms. The lowest BCUT2D eigenvalue weighted by Gasteiger charge is -2.19. The lowest BCUT2D eigenvalue weighted by Crippen LogP contribution is -2.32. The van der Waals surface area contributed by atoms with Crippen LogP contribution >= 0.6 is 0 Å². The molecule has 1 N–H and O–H groups in total. The molecule has 0 aromatic carbocycles.